The molecule has 3 rings (SSSR count). The van der Waals surface area contributed by atoms with E-state index in [4.69, 9.17) is 23.2 Å². The second kappa shape index (κ2) is 11.4. The minimum absolute atomic E-state index is 0.0679. The first-order chi connectivity index (χ1) is 16.2. The number of carbonyl (C=O) groups excluding carboxylic acids is 3. The summed E-state index contributed by atoms with van der Waals surface area (Å²) in [7, 11) is 3.04. The number of nitrogens with one attached hydrogen (secondary N) is 2. The van der Waals surface area contributed by atoms with Crippen molar-refractivity contribution in [3.63, 3.8) is 0 Å². The van der Waals surface area contributed by atoms with Crippen LogP contribution >= 0.6 is 35.0 Å². The fourth-order valence-corrected chi connectivity index (χ4v) is 4.00. The maximum absolute atomic E-state index is 12.5. The van der Waals surface area contributed by atoms with E-state index in [1.54, 1.807) is 48.9 Å². The van der Waals surface area contributed by atoms with Crippen molar-refractivity contribution >= 4 is 58.4 Å². The Balaban J connectivity index is 1.58. The third-order valence-corrected chi connectivity index (χ3v) is 6.44. The van der Waals surface area contributed by atoms with Crippen molar-refractivity contribution in [2.24, 2.45) is 7.05 Å². The molecule has 0 bridgehead atoms. The molecule has 34 heavy (non-hydrogen) atoms. The summed E-state index contributed by atoms with van der Waals surface area (Å²) >= 11 is 13.1. The maximum atomic E-state index is 12.5. The SMILES string of the molecule is COC(=O)c1cccc(NC(=O)CSc2nnc(C(C)NC(=O)c3ccc(Cl)c(Cl)c3)n2C)c1. The summed E-state index contributed by atoms with van der Waals surface area (Å²) in [5.74, 6) is -0.521. The average Bonchev–Trinajstić information content (AvgIpc) is 3.19. The Labute approximate surface area is 210 Å². The van der Waals surface area contributed by atoms with Gasteiger partial charge >= 0.3 is 5.97 Å². The van der Waals surface area contributed by atoms with Crippen LogP contribution in [0.3, 0.4) is 0 Å². The molecule has 0 aliphatic heterocycles. The van der Waals surface area contributed by atoms with E-state index in [1.165, 1.54) is 31.0 Å². The number of aromatic nitrogens is 3. The van der Waals surface area contributed by atoms with Crippen LogP contribution < -0.4 is 10.6 Å². The van der Waals surface area contributed by atoms with Crippen LogP contribution in [-0.2, 0) is 16.6 Å². The summed E-state index contributed by atoms with van der Waals surface area (Å²) in [6, 6.07) is 10.6. The second-order valence-corrected chi connectivity index (χ2v) is 8.89. The summed E-state index contributed by atoms with van der Waals surface area (Å²) in [5, 5.41) is 15.0. The van der Waals surface area contributed by atoms with Gasteiger partial charge in [-0.25, -0.2) is 4.79 Å². The molecule has 2 aromatic carbocycles. The van der Waals surface area contributed by atoms with Crippen LogP contribution in [0, 0.1) is 0 Å². The lowest BCUT2D eigenvalue weighted by atomic mass is 10.2. The molecule has 0 fully saturated rings. The molecule has 1 atom stereocenters. The first kappa shape index (κ1) is 25.5. The summed E-state index contributed by atoms with van der Waals surface area (Å²) < 4.78 is 6.39. The number of esters is 1. The van der Waals surface area contributed by atoms with Gasteiger partial charge in [0.1, 0.15) is 0 Å². The van der Waals surface area contributed by atoms with E-state index in [0.29, 0.717) is 32.8 Å². The molecule has 0 aliphatic rings. The quantitative estimate of drug-likeness (QED) is 0.338. The van der Waals surface area contributed by atoms with E-state index < -0.39 is 12.0 Å². The fraction of sp³-hybridized carbons (Fsp3) is 0.227. The number of hydrogen-bond acceptors (Lipinski definition) is 7. The summed E-state index contributed by atoms with van der Waals surface area (Å²) in [5.41, 5.74) is 1.18. The van der Waals surface area contributed by atoms with Crippen LogP contribution in [0.4, 0.5) is 5.69 Å². The molecule has 0 aliphatic carbocycles. The highest BCUT2D eigenvalue weighted by atomic mass is 35.5. The van der Waals surface area contributed by atoms with Gasteiger partial charge in [-0.2, -0.15) is 0 Å². The lowest BCUT2D eigenvalue weighted by Gasteiger charge is -2.14. The second-order valence-electron chi connectivity index (χ2n) is 7.13. The zero-order valence-corrected chi connectivity index (χ0v) is 20.8. The highest BCUT2D eigenvalue weighted by Gasteiger charge is 2.19. The number of carbonyl (C=O) groups is 3. The molecule has 3 aromatic rings. The van der Waals surface area contributed by atoms with Crippen LogP contribution in [0.15, 0.2) is 47.6 Å². The van der Waals surface area contributed by atoms with Crippen LogP contribution in [0.5, 0.6) is 0 Å². The minimum atomic E-state index is -0.488. The van der Waals surface area contributed by atoms with Gasteiger partial charge in [-0.1, -0.05) is 41.0 Å². The van der Waals surface area contributed by atoms with Crippen molar-refractivity contribution in [2.45, 2.75) is 18.1 Å². The largest absolute Gasteiger partial charge is 0.465 e. The van der Waals surface area contributed by atoms with Crippen LogP contribution in [-0.4, -0.2) is 45.4 Å². The molecule has 1 aromatic heterocycles. The molecule has 12 heteroatoms. The van der Waals surface area contributed by atoms with Crippen molar-refractivity contribution in [3.8, 4) is 0 Å². The van der Waals surface area contributed by atoms with Gasteiger partial charge in [0, 0.05) is 18.3 Å². The lowest BCUT2D eigenvalue weighted by Crippen LogP contribution is -2.28. The third-order valence-electron chi connectivity index (χ3n) is 4.69. The zero-order chi connectivity index (χ0) is 24.8. The van der Waals surface area contributed by atoms with Crippen LogP contribution in [0.1, 0.15) is 39.5 Å². The van der Waals surface area contributed by atoms with Gasteiger partial charge in [-0.05, 0) is 43.3 Å². The van der Waals surface area contributed by atoms with E-state index in [1.807, 2.05) is 0 Å². The lowest BCUT2D eigenvalue weighted by molar-refractivity contribution is -0.113. The van der Waals surface area contributed by atoms with Gasteiger partial charge in [0.2, 0.25) is 5.91 Å². The van der Waals surface area contributed by atoms with Crippen molar-refractivity contribution in [3.05, 3.63) is 69.5 Å². The minimum Gasteiger partial charge on any atom is -0.465 e. The molecular weight excluding hydrogens is 501 g/mol. The summed E-state index contributed by atoms with van der Waals surface area (Å²) in [6.07, 6.45) is 0. The molecule has 0 saturated carbocycles. The number of benzene rings is 2. The Hall–Kier alpha value is -3.08. The Kier molecular flexibility index (Phi) is 8.54. The van der Waals surface area contributed by atoms with Crippen molar-refractivity contribution in [1.29, 1.82) is 0 Å². The molecule has 178 valence electrons. The number of methoxy groups -OCH3 is 1. The van der Waals surface area contributed by atoms with Gasteiger partial charge < -0.3 is 19.9 Å². The normalized spacial score (nSPS) is 11.6. The highest BCUT2D eigenvalue weighted by molar-refractivity contribution is 7.99. The molecule has 0 radical (unpaired) electrons. The van der Waals surface area contributed by atoms with Crippen molar-refractivity contribution in [2.75, 3.05) is 18.2 Å². The van der Waals surface area contributed by atoms with Crippen molar-refractivity contribution in [1.82, 2.24) is 20.1 Å². The van der Waals surface area contributed by atoms with E-state index in [0.717, 1.165) is 0 Å². The van der Waals surface area contributed by atoms with Gasteiger partial charge in [0.15, 0.2) is 11.0 Å². The number of ether oxygens (including phenoxy) is 1. The maximum Gasteiger partial charge on any atom is 0.337 e. The molecule has 9 nitrogen and oxygen atoms in total. The van der Waals surface area contributed by atoms with E-state index >= 15 is 0 Å². The van der Waals surface area contributed by atoms with Crippen LogP contribution in [0.2, 0.25) is 10.0 Å². The number of hydrogen-bond donors (Lipinski definition) is 2. The Morgan fingerprint density at radius 2 is 1.85 bits per heavy atom. The number of halogens is 2. The van der Waals surface area contributed by atoms with Gasteiger partial charge in [0.05, 0.1) is 34.5 Å². The predicted octanol–water partition coefficient (Wildman–Crippen LogP) is 4.13. The summed E-state index contributed by atoms with van der Waals surface area (Å²) in [4.78, 5) is 36.5. The van der Waals surface area contributed by atoms with Crippen LogP contribution in [0.25, 0.3) is 0 Å². The van der Waals surface area contributed by atoms with Gasteiger partial charge in [-0.15, -0.1) is 10.2 Å². The van der Waals surface area contributed by atoms with Gasteiger partial charge in [0.25, 0.3) is 5.91 Å². The molecule has 1 unspecified atom stereocenters. The van der Waals surface area contributed by atoms with Gasteiger partial charge in [-0.3, -0.25) is 9.59 Å². The number of anilines is 1. The third kappa shape index (κ3) is 6.28. The number of rotatable bonds is 8. The first-order valence-corrected chi connectivity index (χ1v) is 11.7. The molecule has 2 amide bonds. The topological polar surface area (TPSA) is 115 Å². The molecule has 0 spiro atoms. The Bertz CT molecular complexity index is 1230. The Morgan fingerprint density at radius 1 is 1.09 bits per heavy atom. The average molecular weight is 522 g/mol. The smallest absolute Gasteiger partial charge is 0.337 e. The number of nitrogens with zero attached hydrogens (tertiary/aromatic N) is 3. The zero-order valence-electron chi connectivity index (χ0n) is 18.5. The Morgan fingerprint density at radius 3 is 2.56 bits per heavy atom. The molecule has 2 N–H and O–H groups in total. The summed E-state index contributed by atoms with van der Waals surface area (Å²) in [6.45, 7) is 1.77. The van der Waals surface area contributed by atoms with E-state index in [9.17, 15) is 14.4 Å². The first-order valence-electron chi connectivity index (χ1n) is 9.95. The predicted molar refractivity (Wildman–Crippen MR) is 130 cm³/mol. The molecule has 0 saturated heterocycles. The standard InChI is InChI=1S/C22H21Cl2N5O4S/c1-12(25-20(31)13-7-8-16(23)17(24)10-13)19-27-28-22(29(19)2)34-11-18(30)26-15-6-4-5-14(9-15)21(32)33-3/h4-10,12H,11H2,1-3H3,(H,25,31)(H,26,30). The van der Waals surface area contributed by atoms with Crippen molar-refractivity contribution < 1.29 is 19.1 Å². The molecule has 1 heterocycles. The fourth-order valence-electron chi connectivity index (χ4n) is 2.98. The van der Waals surface area contributed by atoms with E-state index in [-0.39, 0.29) is 22.6 Å². The monoisotopic (exact) mass is 521 g/mol. The number of amides is 2. The highest BCUT2D eigenvalue weighted by Crippen LogP contribution is 2.24. The van der Waals surface area contributed by atoms with E-state index in [2.05, 4.69) is 25.6 Å². The number of thioether (sulfide) groups is 1. The molecular formula is C22H21Cl2N5O4S.